The fourth-order valence-corrected chi connectivity index (χ4v) is 4.08. The SMILES string of the molecule is CCCc1ccc(S(=O)(=O)NC(C)C(=O)NC2CCCC2)cc1. The topological polar surface area (TPSA) is 75.3 Å². The number of carbonyl (C=O) groups excluding carboxylic acids is 1. The van der Waals surface area contributed by atoms with Crippen LogP contribution in [0.1, 0.15) is 51.5 Å². The lowest BCUT2D eigenvalue weighted by Crippen LogP contribution is -2.47. The Balaban J connectivity index is 1.97. The molecule has 2 rings (SSSR count). The van der Waals surface area contributed by atoms with Gasteiger partial charge in [-0.3, -0.25) is 4.79 Å². The molecule has 1 aliphatic carbocycles. The van der Waals surface area contributed by atoms with Crippen LogP contribution in [-0.2, 0) is 21.2 Å². The maximum absolute atomic E-state index is 12.4. The molecule has 1 saturated carbocycles. The molecule has 1 aromatic rings. The molecule has 1 unspecified atom stereocenters. The van der Waals surface area contributed by atoms with Crippen molar-refractivity contribution in [2.45, 2.75) is 69.4 Å². The Morgan fingerprint density at radius 3 is 2.39 bits per heavy atom. The average molecular weight is 338 g/mol. The summed E-state index contributed by atoms with van der Waals surface area (Å²) in [5.74, 6) is -0.261. The Kier molecular flexibility index (Phi) is 6.18. The summed E-state index contributed by atoms with van der Waals surface area (Å²) in [6.07, 6.45) is 6.13. The van der Waals surface area contributed by atoms with Gasteiger partial charge in [-0.25, -0.2) is 8.42 Å². The molecule has 0 heterocycles. The number of aryl methyl sites for hydroxylation is 1. The van der Waals surface area contributed by atoms with Gasteiger partial charge in [-0.1, -0.05) is 38.3 Å². The molecule has 6 heteroatoms. The van der Waals surface area contributed by atoms with E-state index in [0.29, 0.717) is 0 Å². The largest absolute Gasteiger partial charge is 0.352 e. The van der Waals surface area contributed by atoms with E-state index in [0.717, 1.165) is 44.1 Å². The van der Waals surface area contributed by atoms with Crippen molar-refractivity contribution in [1.82, 2.24) is 10.0 Å². The molecule has 5 nitrogen and oxygen atoms in total. The summed E-state index contributed by atoms with van der Waals surface area (Å²) < 4.78 is 27.2. The molecule has 0 bridgehead atoms. The Bertz CT molecular complexity index is 620. The Morgan fingerprint density at radius 1 is 1.22 bits per heavy atom. The van der Waals surface area contributed by atoms with Crippen LogP contribution in [0, 0.1) is 0 Å². The van der Waals surface area contributed by atoms with Crippen molar-refractivity contribution in [1.29, 1.82) is 0 Å². The summed E-state index contributed by atoms with van der Waals surface area (Å²) in [5.41, 5.74) is 1.11. The molecule has 0 aliphatic heterocycles. The van der Waals surface area contributed by atoms with Crippen LogP contribution < -0.4 is 10.0 Å². The van der Waals surface area contributed by atoms with Crippen molar-refractivity contribution < 1.29 is 13.2 Å². The first-order valence-electron chi connectivity index (χ1n) is 8.34. The van der Waals surface area contributed by atoms with E-state index in [1.165, 1.54) is 0 Å². The van der Waals surface area contributed by atoms with E-state index < -0.39 is 16.1 Å². The summed E-state index contributed by atoms with van der Waals surface area (Å²) in [6, 6.07) is 6.23. The fraction of sp³-hybridized carbons (Fsp3) is 0.588. The molecule has 0 saturated heterocycles. The maximum atomic E-state index is 12.4. The van der Waals surface area contributed by atoms with E-state index in [2.05, 4.69) is 17.0 Å². The first kappa shape index (κ1) is 17.9. The summed E-state index contributed by atoms with van der Waals surface area (Å²) in [4.78, 5) is 12.3. The zero-order valence-corrected chi connectivity index (χ0v) is 14.7. The van der Waals surface area contributed by atoms with Gasteiger partial charge >= 0.3 is 0 Å². The van der Waals surface area contributed by atoms with Crippen molar-refractivity contribution in [3.63, 3.8) is 0 Å². The van der Waals surface area contributed by atoms with Gasteiger partial charge in [0.05, 0.1) is 10.9 Å². The molecule has 1 atom stereocenters. The molecular weight excluding hydrogens is 312 g/mol. The van der Waals surface area contributed by atoms with Gasteiger partial charge < -0.3 is 5.32 Å². The lowest BCUT2D eigenvalue weighted by atomic mass is 10.1. The molecule has 0 radical (unpaired) electrons. The van der Waals surface area contributed by atoms with Crippen molar-refractivity contribution in [2.24, 2.45) is 0 Å². The van der Waals surface area contributed by atoms with E-state index in [1.54, 1.807) is 19.1 Å². The lowest BCUT2D eigenvalue weighted by Gasteiger charge is -2.18. The molecule has 1 fully saturated rings. The minimum Gasteiger partial charge on any atom is -0.352 e. The smallest absolute Gasteiger partial charge is 0.241 e. The highest BCUT2D eigenvalue weighted by Gasteiger charge is 2.24. The predicted octanol–water partition coefficient (Wildman–Crippen LogP) is 2.36. The molecule has 1 aliphatic rings. The Hall–Kier alpha value is -1.40. The predicted molar refractivity (Wildman–Crippen MR) is 90.6 cm³/mol. The summed E-state index contributed by atoms with van der Waals surface area (Å²) in [6.45, 7) is 3.66. The molecule has 0 spiro atoms. The van der Waals surface area contributed by atoms with Crippen molar-refractivity contribution >= 4 is 15.9 Å². The third-order valence-electron chi connectivity index (χ3n) is 4.20. The van der Waals surface area contributed by atoms with Gasteiger partial charge in [0.25, 0.3) is 0 Å². The maximum Gasteiger partial charge on any atom is 0.241 e. The first-order valence-corrected chi connectivity index (χ1v) is 9.82. The van der Waals surface area contributed by atoms with Gasteiger partial charge in [0, 0.05) is 6.04 Å². The highest BCUT2D eigenvalue weighted by atomic mass is 32.2. The first-order chi connectivity index (χ1) is 10.9. The van der Waals surface area contributed by atoms with Crippen molar-refractivity contribution in [3.8, 4) is 0 Å². The van der Waals surface area contributed by atoms with Crippen LogP contribution in [0.2, 0.25) is 0 Å². The van der Waals surface area contributed by atoms with Gasteiger partial charge in [0.2, 0.25) is 15.9 Å². The number of hydrogen-bond acceptors (Lipinski definition) is 3. The van der Waals surface area contributed by atoms with Crippen LogP contribution in [0.4, 0.5) is 0 Å². The van der Waals surface area contributed by atoms with Crippen LogP contribution in [0.3, 0.4) is 0 Å². The third-order valence-corrected chi connectivity index (χ3v) is 5.76. The standard InChI is InChI=1S/C17H26N2O3S/c1-3-6-14-9-11-16(12-10-14)23(21,22)19-13(2)17(20)18-15-7-4-5-8-15/h9-13,15,19H,3-8H2,1-2H3,(H,18,20). The summed E-state index contributed by atoms with van der Waals surface area (Å²) >= 11 is 0. The van der Waals surface area contributed by atoms with Gasteiger partial charge in [-0.2, -0.15) is 4.72 Å². The van der Waals surface area contributed by atoms with Gasteiger partial charge in [-0.05, 0) is 43.9 Å². The molecule has 23 heavy (non-hydrogen) atoms. The fourth-order valence-electron chi connectivity index (χ4n) is 2.87. The van der Waals surface area contributed by atoms with Gasteiger partial charge in [-0.15, -0.1) is 0 Å². The molecule has 2 N–H and O–H groups in total. The number of rotatable bonds is 7. The molecule has 1 amide bonds. The summed E-state index contributed by atoms with van der Waals surface area (Å²) in [5, 5.41) is 2.91. The minimum absolute atomic E-state index is 0.183. The van der Waals surface area contributed by atoms with Crippen molar-refractivity contribution in [2.75, 3.05) is 0 Å². The van der Waals surface area contributed by atoms with Crippen LogP contribution in [-0.4, -0.2) is 26.4 Å². The summed E-state index contributed by atoms with van der Waals surface area (Å²) in [7, 11) is -3.68. The van der Waals surface area contributed by atoms with E-state index in [1.807, 2.05) is 12.1 Å². The number of hydrogen-bond donors (Lipinski definition) is 2. The zero-order chi connectivity index (χ0) is 16.9. The van der Waals surface area contributed by atoms with Crippen LogP contribution in [0.5, 0.6) is 0 Å². The normalized spacial score (nSPS) is 17.1. The van der Waals surface area contributed by atoms with Crippen LogP contribution in [0.15, 0.2) is 29.2 Å². The Morgan fingerprint density at radius 2 is 1.83 bits per heavy atom. The quantitative estimate of drug-likeness (QED) is 0.801. The third kappa shape index (κ3) is 5.04. The molecule has 0 aromatic heterocycles. The highest BCUT2D eigenvalue weighted by molar-refractivity contribution is 7.89. The van der Waals surface area contributed by atoms with E-state index in [4.69, 9.17) is 0 Å². The zero-order valence-electron chi connectivity index (χ0n) is 13.8. The molecular formula is C17H26N2O3S. The van der Waals surface area contributed by atoms with Crippen molar-refractivity contribution in [3.05, 3.63) is 29.8 Å². The molecule has 1 aromatic carbocycles. The van der Waals surface area contributed by atoms with Gasteiger partial charge in [0.1, 0.15) is 0 Å². The number of sulfonamides is 1. The number of amides is 1. The number of nitrogens with one attached hydrogen (secondary N) is 2. The Labute approximate surface area is 138 Å². The lowest BCUT2D eigenvalue weighted by molar-refractivity contribution is -0.123. The highest BCUT2D eigenvalue weighted by Crippen LogP contribution is 2.18. The number of carbonyl (C=O) groups is 1. The van der Waals surface area contributed by atoms with E-state index in [-0.39, 0.29) is 16.8 Å². The van der Waals surface area contributed by atoms with E-state index in [9.17, 15) is 13.2 Å². The van der Waals surface area contributed by atoms with Gasteiger partial charge in [0.15, 0.2) is 0 Å². The second-order valence-corrected chi connectivity index (χ2v) is 7.94. The van der Waals surface area contributed by atoms with E-state index >= 15 is 0 Å². The number of benzene rings is 1. The molecule has 128 valence electrons. The van der Waals surface area contributed by atoms with Crippen LogP contribution in [0.25, 0.3) is 0 Å². The van der Waals surface area contributed by atoms with Crippen LogP contribution >= 0.6 is 0 Å². The second-order valence-electron chi connectivity index (χ2n) is 6.23. The average Bonchev–Trinajstić information content (AvgIpc) is 3.00. The minimum atomic E-state index is -3.68. The monoisotopic (exact) mass is 338 g/mol. The second kappa shape index (κ2) is 7.93.